The Morgan fingerprint density at radius 3 is 2.47 bits per heavy atom. The molecule has 0 aliphatic heterocycles. The fourth-order valence-corrected chi connectivity index (χ4v) is 1.93. The number of hydrogen-bond donors (Lipinski definition) is 1. The van der Waals surface area contributed by atoms with Crippen LogP contribution in [0.4, 0.5) is 0 Å². The summed E-state index contributed by atoms with van der Waals surface area (Å²) in [6, 6.07) is 0. The molecule has 0 bridgehead atoms. The van der Waals surface area contributed by atoms with Gasteiger partial charge < -0.3 is 10.1 Å². The molecule has 0 fully saturated rings. The standard InChI is InChI=1S/C15H27NO2S/c1-6-7-8-9-10-12(4)14(19)16-13(5)18-15(17)11(2)3/h12-13H,2,6-10H2,1,3-5H3,(H,16,19). The Bertz CT molecular complexity index is 315. The monoisotopic (exact) mass is 285 g/mol. The Morgan fingerprint density at radius 2 is 1.95 bits per heavy atom. The molecule has 0 aliphatic rings. The van der Waals surface area contributed by atoms with Gasteiger partial charge in [0, 0.05) is 11.5 Å². The highest BCUT2D eigenvalue weighted by molar-refractivity contribution is 7.80. The topological polar surface area (TPSA) is 38.3 Å². The SMILES string of the molecule is C=C(C)C(=O)OC(C)NC(=S)C(C)CCCCCC. The number of hydrogen-bond acceptors (Lipinski definition) is 3. The zero-order valence-corrected chi connectivity index (χ0v) is 13.4. The van der Waals surface area contributed by atoms with Gasteiger partial charge >= 0.3 is 5.97 Å². The summed E-state index contributed by atoms with van der Waals surface area (Å²) >= 11 is 5.32. The first-order valence-corrected chi connectivity index (χ1v) is 7.46. The van der Waals surface area contributed by atoms with Crippen molar-refractivity contribution in [1.82, 2.24) is 5.32 Å². The summed E-state index contributed by atoms with van der Waals surface area (Å²) in [6.45, 7) is 11.3. The predicted octanol–water partition coefficient (Wildman–Crippen LogP) is 3.98. The maximum absolute atomic E-state index is 11.3. The van der Waals surface area contributed by atoms with Crippen LogP contribution >= 0.6 is 12.2 Å². The highest BCUT2D eigenvalue weighted by atomic mass is 32.1. The molecule has 0 saturated carbocycles. The van der Waals surface area contributed by atoms with Crippen LogP contribution < -0.4 is 5.32 Å². The first kappa shape index (κ1) is 18.1. The summed E-state index contributed by atoms with van der Waals surface area (Å²) in [5.41, 5.74) is 0.396. The maximum atomic E-state index is 11.3. The molecule has 0 aromatic rings. The van der Waals surface area contributed by atoms with Crippen molar-refractivity contribution in [2.45, 2.75) is 66.0 Å². The van der Waals surface area contributed by atoms with E-state index in [4.69, 9.17) is 17.0 Å². The predicted molar refractivity (Wildman–Crippen MR) is 84.0 cm³/mol. The van der Waals surface area contributed by atoms with Crippen LogP contribution in [0, 0.1) is 5.92 Å². The van der Waals surface area contributed by atoms with Gasteiger partial charge in [-0.3, -0.25) is 0 Å². The second-order valence-corrected chi connectivity index (χ2v) is 5.53. The molecule has 0 saturated heterocycles. The molecule has 19 heavy (non-hydrogen) atoms. The smallest absolute Gasteiger partial charge is 0.335 e. The van der Waals surface area contributed by atoms with Gasteiger partial charge in [-0.05, 0) is 20.3 Å². The van der Waals surface area contributed by atoms with Gasteiger partial charge in [0.15, 0.2) is 6.23 Å². The van der Waals surface area contributed by atoms with Gasteiger partial charge in [-0.15, -0.1) is 0 Å². The van der Waals surface area contributed by atoms with Gasteiger partial charge in [0.2, 0.25) is 0 Å². The lowest BCUT2D eigenvalue weighted by molar-refractivity contribution is -0.144. The lowest BCUT2D eigenvalue weighted by Crippen LogP contribution is -2.38. The van der Waals surface area contributed by atoms with Crippen molar-refractivity contribution in [3.05, 3.63) is 12.2 Å². The lowest BCUT2D eigenvalue weighted by Gasteiger charge is -2.20. The first-order valence-electron chi connectivity index (χ1n) is 7.05. The molecular formula is C15H27NO2S. The Hall–Kier alpha value is -0.900. The van der Waals surface area contributed by atoms with Gasteiger partial charge in [-0.1, -0.05) is 58.3 Å². The average Bonchev–Trinajstić information content (AvgIpc) is 2.33. The molecule has 0 aromatic carbocycles. The minimum Gasteiger partial charge on any atom is -0.439 e. The molecule has 110 valence electrons. The molecule has 0 heterocycles. The Kier molecular flexibility index (Phi) is 9.48. The van der Waals surface area contributed by atoms with E-state index in [0.29, 0.717) is 11.5 Å². The fraction of sp³-hybridized carbons (Fsp3) is 0.733. The van der Waals surface area contributed by atoms with Gasteiger partial charge in [-0.2, -0.15) is 0 Å². The van der Waals surface area contributed by atoms with Crippen molar-refractivity contribution in [3.8, 4) is 0 Å². The van der Waals surface area contributed by atoms with Crippen LogP contribution in [0.5, 0.6) is 0 Å². The van der Waals surface area contributed by atoms with E-state index in [9.17, 15) is 4.79 Å². The van der Waals surface area contributed by atoms with Gasteiger partial charge in [0.1, 0.15) is 0 Å². The van der Waals surface area contributed by atoms with Crippen LogP contribution in [0.1, 0.15) is 59.8 Å². The van der Waals surface area contributed by atoms with E-state index in [0.717, 1.165) is 11.4 Å². The van der Waals surface area contributed by atoms with Crippen molar-refractivity contribution in [3.63, 3.8) is 0 Å². The molecule has 0 radical (unpaired) electrons. The number of carbonyl (C=O) groups is 1. The van der Waals surface area contributed by atoms with Crippen LogP contribution in [0.25, 0.3) is 0 Å². The summed E-state index contributed by atoms with van der Waals surface area (Å²) in [6.07, 6.45) is 5.63. The average molecular weight is 285 g/mol. The maximum Gasteiger partial charge on any atom is 0.335 e. The Balaban J connectivity index is 3.94. The lowest BCUT2D eigenvalue weighted by atomic mass is 10.0. The van der Waals surface area contributed by atoms with E-state index in [1.165, 1.54) is 25.7 Å². The zero-order chi connectivity index (χ0) is 14.8. The molecule has 0 aliphatic carbocycles. The third-order valence-electron chi connectivity index (χ3n) is 2.92. The summed E-state index contributed by atoms with van der Waals surface area (Å²) in [5.74, 6) is -0.0729. The van der Waals surface area contributed by atoms with Crippen LogP contribution in [0.15, 0.2) is 12.2 Å². The van der Waals surface area contributed by atoms with Crippen molar-refractivity contribution >= 4 is 23.2 Å². The van der Waals surface area contributed by atoms with Crippen molar-refractivity contribution < 1.29 is 9.53 Å². The Labute approximate surface area is 122 Å². The summed E-state index contributed by atoms with van der Waals surface area (Å²) in [5, 5.41) is 3.05. The molecule has 0 rings (SSSR count). The van der Waals surface area contributed by atoms with Crippen LogP contribution in [0.3, 0.4) is 0 Å². The Morgan fingerprint density at radius 1 is 1.32 bits per heavy atom. The minimum absolute atomic E-state index is 0.317. The second-order valence-electron chi connectivity index (χ2n) is 5.09. The van der Waals surface area contributed by atoms with Crippen LogP contribution in [-0.2, 0) is 9.53 Å². The largest absolute Gasteiger partial charge is 0.439 e. The zero-order valence-electron chi connectivity index (χ0n) is 12.6. The highest BCUT2D eigenvalue weighted by Crippen LogP contribution is 2.12. The number of thiocarbonyl (C=S) groups is 1. The molecule has 1 N–H and O–H groups in total. The molecule has 0 spiro atoms. The van der Waals surface area contributed by atoms with Gasteiger partial charge in [-0.25, -0.2) is 4.79 Å². The van der Waals surface area contributed by atoms with Gasteiger partial charge in [0.05, 0.1) is 4.99 Å². The van der Waals surface area contributed by atoms with Crippen LogP contribution in [0.2, 0.25) is 0 Å². The van der Waals surface area contributed by atoms with E-state index >= 15 is 0 Å². The van der Waals surface area contributed by atoms with Crippen molar-refractivity contribution in [1.29, 1.82) is 0 Å². The number of rotatable bonds is 9. The van der Waals surface area contributed by atoms with E-state index in [2.05, 4.69) is 25.7 Å². The van der Waals surface area contributed by atoms with Crippen LogP contribution in [-0.4, -0.2) is 17.2 Å². The molecule has 0 amide bonds. The first-order chi connectivity index (χ1) is 8.88. The van der Waals surface area contributed by atoms with Crippen molar-refractivity contribution in [2.75, 3.05) is 0 Å². The third-order valence-corrected chi connectivity index (χ3v) is 3.44. The number of esters is 1. The highest BCUT2D eigenvalue weighted by Gasteiger charge is 2.14. The number of unbranched alkanes of at least 4 members (excludes halogenated alkanes) is 3. The summed E-state index contributed by atoms with van der Waals surface area (Å²) in [4.78, 5) is 12.1. The second kappa shape index (κ2) is 9.96. The fourth-order valence-electron chi connectivity index (χ4n) is 1.64. The van der Waals surface area contributed by atoms with E-state index in [1.807, 2.05) is 0 Å². The van der Waals surface area contributed by atoms with E-state index in [-0.39, 0.29) is 0 Å². The molecular weight excluding hydrogens is 258 g/mol. The molecule has 0 aromatic heterocycles. The molecule has 2 unspecified atom stereocenters. The van der Waals surface area contributed by atoms with Gasteiger partial charge in [0.25, 0.3) is 0 Å². The normalized spacial score (nSPS) is 13.5. The third kappa shape index (κ3) is 8.76. The quantitative estimate of drug-likeness (QED) is 0.229. The summed E-state index contributed by atoms with van der Waals surface area (Å²) < 4.78 is 5.14. The number of carbonyl (C=O) groups excluding carboxylic acids is 1. The molecule has 3 nitrogen and oxygen atoms in total. The molecule has 2 atom stereocenters. The minimum atomic E-state index is -0.408. The number of nitrogens with one attached hydrogen (secondary N) is 1. The van der Waals surface area contributed by atoms with Crippen molar-refractivity contribution in [2.24, 2.45) is 5.92 Å². The summed E-state index contributed by atoms with van der Waals surface area (Å²) in [7, 11) is 0. The molecule has 4 heteroatoms. The van der Waals surface area contributed by atoms with E-state index in [1.54, 1.807) is 13.8 Å². The van der Waals surface area contributed by atoms with E-state index < -0.39 is 12.2 Å². The number of ether oxygens (including phenoxy) is 1.